The van der Waals surface area contributed by atoms with Gasteiger partial charge in [0.15, 0.2) is 0 Å². The monoisotopic (exact) mass is 287 g/mol. The minimum absolute atomic E-state index is 0.0607. The number of nitrogens with zero attached hydrogens (tertiary/aromatic N) is 1. The first-order valence-electron chi connectivity index (χ1n) is 8.07. The van der Waals surface area contributed by atoms with Crippen LogP contribution in [0.3, 0.4) is 0 Å². The summed E-state index contributed by atoms with van der Waals surface area (Å²) in [7, 11) is 0. The standard InChI is InChI=1S/C17H25N3O/c1-3-17(21)19-13-5-4-12(2)16(10-13)18-14-8-9-20(11-14)15-6-7-15/h4-5,10,14-15,18H,3,6-9,11H2,1-2H3,(H,19,21). The van der Waals surface area contributed by atoms with E-state index in [1.165, 1.54) is 31.4 Å². The maximum absolute atomic E-state index is 11.5. The summed E-state index contributed by atoms with van der Waals surface area (Å²) in [5.41, 5.74) is 3.26. The van der Waals surface area contributed by atoms with E-state index in [0.717, 1.165) is 24.0 Å². The fraction of sp³-hybridized carbons (Fsp3) is 0.588. The average molecular weight is 287 g/mol. The molecule has 3 rings (SSSR count). The molecular weight excluding hydrogens is 262 g/mol. The minimum Gasteiger partial charge on any atom is -0.381 e. The van der Waals surface area contributed by atoms with Crippen molar-refractivity contribution in [3.63, 3.8) is 0 Å². The summed E-state index contributed by atoms with van der Waals surface area (Å²) in [5, 5.41) is 6.59. The van der Waals surface area contributed by atoms with E-state index in [1.54, 1.807) is 0 Å². The number of nitrogens with one attached hydrogen (secondary N) is 2. The van der Waals surface area contributed by atoms with Crippen molar-refractivity contribution < 1.29 is 4.79 Å². The van der Waals surface area contributed by atoms with E-state index >= 15 is 0 Å². The Balaban J connectivity index is 1.63. The molecule has 1 heterocycles. The molecule has 1 unspecified atom stereocenters. The van der Waals surface area contributed by atoms with Gasteiger partial charge in [-0.25, -0.2) is 0 Å². The van der Waals surface area contributed by atoms with Crippen LogP contribution in [0.5, 0.6) is 0 Å². The van der Waals surface area contributed by atoms with Crippen LogP contribution in [0.4, 0.5) is 11.4 Å². The van der Waals surface area contributed by atoms with Crippen molar-refractivity contribution in [3.05, 3.63) is 23.8 Å². The first kappa shape index (κ1) is 14.4. The molecule has 1 aromatic rings. The molecule has 0 spiro atoms. The molecule has 21 heavy (non-hydrogen) atoms. The molecule has 1 aliphatic carbocycles. The predicted octanol–water partition coefficient (Wildman–Crippen LogP) is 2.99. The first-order chi connectivity index (χ1) is 10.2. The van der Waals surface area contributed by atoms with Crippen molar-refractivity contribution in [1.29, 1.82) is 0 Å². The number of likely N-dealkylation sites (tertiary alicyclic amines) is 1. The Hall–Kier alpha value is -1.55. The van der Waals surface area contributed by atoms with E-state index in [-0.39, 0.29) is 5.91 Å². The maximum Gasteiger partial charge on any atom is 0.224 e. The van der Waals surface area contributed by atoms with Crippen molar-refractivity contribution in [1.82, 2.24) is 4.90 Å². The highest BCUT2D eigenvalue weighted by Crippen LogP contribution is 2.31. The SMILES string of the molecule is CCC(=O)Nc1ccc(C)c(NC2CCN(C3CC3)C2)c1. The minimum atomic E-state index is 0.0607. The van der Waals surface area contributed by atoms with E-state index in [0.29, 0.717) is 12.5 Å². The Kier molecular flexibility index (Phi) is 4.15. The molecule has 4 nitrogen and oxygen atoms in total. The number of carbonyl (C=O) groups excluding carboxylic acids is 1. The summed E-state index contributed by atoms with van der Waals surface area (Å²) >= 11 is 0. The Morgan fingerprint density at radius 2 is 2.14 bits per heavy atom. The summed E-state index contributed by atoms with van der Waals surface area (Å²) in [6.45, 7) is 6.35. The van der Waals surface area contributed by atoms with Crippen LogP contribution in [0.15, 0.2) is 18.2 Å². The van der Waals surface area contributed by atoms with Gasteiger partial charge >= 0.3 is 0 Å². The lowest BCUT2D eigenvalue weighted by Crippen LogP contribution is -2.28. The zero-order valence-electron chi connectivity index (χ0n) is 13.0. The molecule has 1 saturated carbocycles. The molecule has 0 radical (unpaired) electrons. The quantitative estimate of drug-likeness (QED) is 0.875. The molecule has 0 bridgehead atoms. The van der Waals surface area contributed by atoms with Crippen LogP contribution < -0.4 is 10.6 Å². The van der Waals surface area contributed by atoms with Gasteiger partial charge in [0.25, 0.3) is 0 Å². The zero-order chi connectivity index (χ0) is 14.8. The number of benzene rings is 1. The second kappa shape index (κ2) is 6.06. The third-order valence-electron chi connectivity index (χ3n) is 4.49. The summed E-state index contributed by atoms with van der Waals surface area (Å²) in [5.74, 6) is 0.0607. The first-order valence-corrected chi connectivity index (χ1v) is 8.07. The van der Waals surface area contributed by atoms with Crippen LogP contribution in [-0.2, 0) is 4.79 Å². The van der Waals surface area contributed by atoms with Gasteiger partial charge < -0.3 is 10.6 Å². The van der Waals surface area contributed by atoms with Gasteiger partial charge in [0.05, 0.1) is 0 Å². The van der Waals surface area contributed by atoms with Crippen molar-refractivity contribution in [2.75, 3.05) is 23.7 Å². The number of amides is 1. The lowest BCUT2D eigenvalue weighted by Gasteiger charge is -2.18. The summed E-state index contributed by atoms with van der Waals surface area (Å²) < 4.78 is 0. The molecule has 1 amide bonds. The smallest absolute Gasteiger partial charge is 0.224 e. The Bertz CT molecular complexity index is 525. The van der Waals surface area contributed by atoms with Crippen LogP contribution in [0.1, 0.15) is 38.2 Å². The highest BCUT2D eigenvalue weighted by atomic mass is 16.1. The van der Waals surface area contributed by atoms with Crippen molar-refractivity contribution in [3.8, 4) is 0 Å². The zero-order valence-corrected chi connectivity index (χ0v) is 13.0. The summed E-state index contributed by atoms with van der Waals surface area (Å²) in [6.07, 6.45) is 4.48. The van der Waals surface area contributed by atoms with Crippen LogP contribution >= 0.6 is 0 Å². The number of carbonyl (C=O) groups is 1. The van der Waals surface area contributed by atoms with Gasteiger partial charge in [0.2, 0.25) is 5.91 Å². The molecule has 0 aromatic heterocycles. The number of hydrogen-bond donors (Lipinski definition) is 2. The Labute approximate surface area is 126 Å². The molecule has 1 aliphatic heterocycles. The molecule has 2 N–H and O–H groups in total. The lowest BCUT2D eigenvalue weighted by atomic mass is 10.1. The molecule has 2 fully saturated rings. The largest absolute Gasteiger partial charge is 0.381 e. The molecule has 4 heteroatoms. The average Bonchev–Trinajstić information content (AvgIpc) is 3.23. The fourth-order valence-electron chi connectivity index (χ4n) is 3.00. The fourth-order valence-corrected chi connectivity index (χ4v) is 3.00. The van der Waals surface area contributed by atoms with Gasteiger partial charge in [0, 0.05) is 43.0 Å². The van der Waals surface area contributed by atoms with Gasteiger partial charge in [-0.3, -0.25) is 9.69 Å². The molecular formula is C17H25N3O. The second-order valence-electron chi connectivity index (χ2n) is 6.29. The van der Waals surface area contributed by atoms with Crippen LogP contribution in [-0.4, -0.2) is 36.0 Å². The third kappa shape index (κ3) is 3.56. The van der Waals surface area contributed by atoms with Crippen LogP contribution in [0.2, 0.25) is 0 Å². The van der Waals surface area contributed by atoms with E-state index in [1.807, 2.05) is 13.0 Å². The van der Waals surface area contributed by atoms with Crippen LogP contribution in [0.25, 0.3) is 0 Å². The highest BCUT2D eigenvalue weighted by Gasteiger charge is 2.34. The van der Waals surface area contributed by atoms with Gasteiger partial charge in [-0.1, -0.05) is 13.0 Å². The molecule has 1 saturated heterocycles. The Morgan fingerprint density at radius 1 is 1.33 bits per heavy atom. The second-order valence-corrected chi connectivity index (χ2v) is 6.29. The van der Waals surface area contributed by atoms with Crippen LogP contribution in [0, 0.1) is 6.92 Å². The number of aryl methyl sites for hydroxylation is 1. The predicted molar refractivity (Wildman–Crippen MR) is 86.7 cm³/mol. The van der Waals surface area contributed by atoms with Crippen molar-refractivity contribution >= 4 is 17.3 Å². The van der Waals surface area contributed by atoms with Gasteiger partial charge in [-0.15, -0.1) is 0 Å². The van der Waals surface area contributed by atoms with Gasteiger partial charge in [0.1, 0.15) is 0 Å². The maximum atomic E-state index is 11.5. The summed E-state index contributed by atoms with van der Waals surface area (Å²) in [4.78, 5) is 14.1. The number of rotatable bonds is 5. The van der Waals surface area contributed by atoms with E-state index in [2.05, 4.69) is 34.6 Å². The molecule has 114 valence electrons. The van der Waals surface area contributed by atoms with Gasteiger partial charge in [-0.2, -0.15) is 0 Å². The normalized spacial score (nSPS) is 22.3. The number of anilines is 2. The lowest BCUT2D eigenvalue weighted by molar-refractivity contribution is -0.115. The molecule has 1 atom stereocenters. The van der Waals surface area contributed by atoms with Crippen molar-refractivity contribution in [2.24, 2.45) is 0 Å². The molecule has 1 aromatic carbocycles. The highest BCUT2D eigenvalue weighted by molar-refractivity contribution is 5.91. The molecule has 2 aliphatic rings. The van der Waals surface area contributed by atoms with E-state index < -0.39 is 0 Å². The van der Waals surface area contributed by atoms with Crippen molar-refractivity contribution in [2.45, 2.75) is 51.6 Å². The number of hydrogen-bond acceptors (Lipinski definition) is 3. The third-order valence-corrected chi connectivity index (χ3v) is 4.49. The topological polar surface area (TPSA) is 44.4 Å². The van der Waals surface area contributed by atoms with E-state index in [9.17, 15) is 4.79 Å². The van der Waals surface area contributed by atoms with E-state index in [4.69, 9.17) is 0 Å². The van der Waals surface area contributed by atoms with Gasteiger partial charge in [-0.05, 0) is 43.9 Å². The summed E-state index contributed by atoms with van der Waals surface area (Å²) in [6, 6.07) is 7.48. The Morgan fingerprint density at radius 3 is 2.86 bits per heavy atom.